The first-order valence-electron chi connectivity index (χ1n) is 10.2. The molecule has 0 amide bonds. The summed E-state index contributed by atoms with van der Waals surface area (Å²) in [5, 5.41) is 0.827. The van der Waals surface area contributed by atoms with E-state index in [1.165, 1.54) is 12.1 Å². The zero-order chi connectivity index (χ0) is 22.7. The molecule has 0 saturated carbocycles. The summed E-state index contributed by atoms with van der Waals surface area (Å²) in [6.07, 6.45) is 0. The van der Waals surface area contributed by atoms with E-state index in [4.69, 9.17) is 0 Å². The number of nitrogens with zero attached hydrogens (tertiary/aromatic N) is 1. The van der Waals surface area contributed by atoms with Gasteiger partial charge in [0.25, 0.3) is 20.0 Å². The lowest BCUT2D eigenvalue weighted by Gasteiger charge is -2.32. The Hall–Kier alpha value is -3.10. The Morgan fingerprint density at radius 3 is 2.25 bits per heavy atom. The van der Waals surface area contributed by atoms with Crippen LogP contribution in [0.25, 0.3) is 10.9 Å². The van der Waals surface area contributed by atoms with Crippen molar-refractivity contribution < 1.29 is 16.8 Å². The number of H-pyrrole nitrogens is 1. The van der Waals surface area contributed by atoms with Gasteiger partial charge in [-0.2, -0.15) is 8.42 Å². The van der Waals surface area contributed by atoms with Crippen LogP contribution in [0.4, 0.5) is 5.82 Å². The van der Waals surface area contributed by atoms with Crippen LogP contribution < -0.4 is 3.71 Å². The molecule has 0 saturated heterocycles. The SMILES string of the molecule is Cc1ccc(S(=O)(=O)N2c3[nH]c4ccc(C)cc4c3C(c3ccccc3)CS2(=O)=O)cc1. The first-order chi connectivity index (χ1) is 15.2. The molecule has 32 heavy (non-hydrogen) atoms. The molecule has 1 atom stereocenters. The summed E-state index contributed by atoms with van der Waals surface area (Å²) in [5.41, 5.74) is 4.10. The number of sulfonamides is 2. The Kier molecular flexibility index (Phi) is 4.69. The quantitative estimate of drug-likeness (QED) is 0.483. The van der Waals surface area contributed by atoms with E-state index in [9.17, 15) is 16.8 Å². The number of rotatable bonds is 3. The van der Waals surface area contributed by atoms with Gasteiger partial charge in [-0.25, -0.2) is 8.42 Å². The number of aromatic amines is 1. The number of anilines is 1. The predicted octanol–water partition coefficient (Wildman–Crippen LogP) is 4.46. The number of aromatic nitrogens is 1. The molecule has 1 unspecified atom stereocenters. The highest BCUT2D eigenvalue weighted by atomic mass is 32.3. The van der Waals surface area contributed by atoms with Gasteiger partial charge in [0.2, 0.25) is 0 Å². The lowest BCUT2D eigenvalue weighted by Crippen LogP contribution is -2.43. The van der Waals surface area contributed by atoms with Crippen molar-refractivity contribution in [2.24, 2.45) is 0 Å². The number of benzene rings is 3. The highest BCUT2D eigenvalue weighted by Crippen LogP contribution is 2.46. The Bertz CT molecular complexity index is 1540. The first-order valence-corrected chi connectivity index (χ1v) is 13.3. The first kappa shape index (κ1) is 20.8. The lowest BCUT2D eigenvalue weighted by molar-refractivity contribution is 0.579. The minimum atomic E-state index is -4.35. The van der Waals surface area contributed by atoms with Crippen molar-refractivity contribution in [3.8, 4) is 0 Å². The summed E-state index contributed by atoms with van der Waals surface area (Å²) in [6.45, 7) is 3.80. The smallest absolute Gasteiger partial charge is 0.278 e. The van der Waals surface area contributed by atoms with Crippen LogP contribution in [-0.4, -0.2) is 27.6 Å². The Balaban J connectivity index is 1.82. The molecule has 2 heterocycles. The predicted molar refractivity (Wildman–Crippen MR) is 126 cm³/mol. The van der Waals surface area contributed by atoms with Crippen molar-refractivity contribution in [3.63, 3.8) is 0 Å². The Labute approximate surface area is 187 Å². The number of hydrogen-bond acceptors (Lipinski definition) is 4. The fourth-order valence-electron chi connectivity index (χ4n) is 4.33. The van der Waals surface area contributed by atoms with Crippen LogP contribution in [0, 0.1) is 13.8 Å². The number of nitrogens with one attached hydrogen (secondary N) is 1. The van der Waals surface area contributed by atoms with Gasteiger partial charge in [-0.3, -0.25) is 0 Å². The standard InChI is InChI=1S/C24H22N2O4S2/c1-16-8-11-19(12-9-16)32(29,30)26-24-23(20-14-17(2)10-13-22(20)25-24)21(15-31(26,27)28)18-6-4-3-5-7-18/h3-14,21,25H,15H2,1-2H3. The monoisotopic (exact) mass is 466 g/mol. The van der Waals surface area contributed by atoms with E-state index in [1.54, 1.807) is 12.1 Å². The molecule has 164 valence electrons. The van der Waals surface area contributed by atoms with E-state index in [-0.39, 0.29) is 16.5 Å². The minimum Gasteiger partial charge on any atom is -0.339 e. The van der Waals surface area contributed by atoms with E-state index < -0.39 is 26.0 Å². The van der Waals surface area contributed by atoms with E-state index in [1.807, 2.05) is 62.4 Å². The summed E-state index contributed by atoms with van der Waals surface area (Å²) in [6, 6.07) is 21.3. The van der Waals surface area contributed by atoms with Crippen LogP contribution in [-0.2, 0) is 20.0 Å². The van der Waals surface area contributed by atoms with Gasteiger partial charge in [0.1, 0.15) is 5.82 Å². The van der Waals surface area contributed by atoms with E-state index in [0.717, 1.165) is 22.1 Å². The van der Waals surface area contributed by atoms with Gasteiger partial charge in [0.15, 0.2) is 0 Å². The normalized spacial score (nSPS) is 17.9. The van der Waals surface area contributed by atoms with E-state index in [0.29, 0.717) is 14.8 Å². The molecule has 0 aliphatic carbocycles. The van der Waals surface area contributed by atoms with Crippen molar-refractivity contribution in [2.75, 3.05) is 9.46 Å². The van der Waals surface area contributed by atoms with Gasteiger partial charge in [-0.1, -0.05) is 59.7 Å². The zero-order valence-electron chi connectivity index (χ0n) is 17.6. The maximum absolute atomic E-state index is 13.6. The van der Waals surface area contributed by atoms with Crippen LogP contribution in [0.15, 0.2) is 77.7 Å². The minimum absolute atomic E-state index is 0.0642. The second-order valence-electron chi connectivity index (χ2n) is 8.19. The number of fused-ring (bicyclic) bond motifs is 3. The number of hydrogen-bond donors (Lipinski definition) is 1. The van der Waals surface area contributed by atoms with Crippen LogP contribution in [0.2, 0.25) is 0 Å². The highest BCUT2D eigenvalue weighted by Gasteiger charge is 2.46. The molecule has 8 heteroatoms. The van der Waals surface area contributed by atoms with Gasteiger partial charge in [-0.05, 0) is 43.7 Å². The third-order valence-electron chi connectivity index (χ3n) is 5.87. The van der Waals surface area contributed by atoms with Gasteiger partial charge >= 0.3 is 0 Å². The van der Waals surface area contributed by atoms with Gasteiger partial charge in [-0.15, -0.1) is 3.71 Å². The zero-order valence-corrected chi connectivity index (χ0v) is 19.2. The van der Waals surface area contributed by atoms with Crippen molar-refractivity contribution in [2.45, 2.75) is 24.7 Å². The van der Waals surface area contributed by atoms with Gasteiger partial charge in [0, 0.05) is 22.4 Å². The molecular weight excluding hydrogens is 444 g/mol. The van der Waals surface area contributed by atoms with Gasteiger partial charge < -0.3 is 4.98 Å². The average molecular weight is 467 g/mol. The van der Waals surface area contributed by atoms with Crippen molar-refractivity contribution in [1.29, 1.82) is 0 Å². The van der Waals surface area contributed by atoms with Crippen LogP contribution in [0.1, 0.15) is 28.2 Å². The van der Waals surface area contributed by atoms with Crippen molar-refractivity contribution >= 4 is 36.8 Å². The van der Waals surface area contributed by atoms with Crippen LogP contribution >= 0.6 is 0 Å². The fraction of sp³-hybridized carbons (Fsp3) is 0.167. The molecule has 0 bridgehead atoms. The molecule has 6 nitrogen and oxygen atoms in total. The molecule has 5 rings (SSSR count). The molecule has 0 radical (unpaired) electrons. The highest BCUT2D eigenvalue weighted by molar-refractivity contribution is 8.10. The molecule has 3 aromatic carbocycles. The number of aryl methyl sites for hydroxylation is 2. The summed E-state index contributed by atoms with van der Waals surface area (Å²) < 4.78 is 54.7. The molecule has 1 aliphatic heterocycles. The summed E-state index contributed by atoms with van der Waals surface area (Å²) in [7, 11) is -8.54. The van der Waals surface area contributed by atoms with Crippen LogP contribution in [0.5, 0.6) is 0 Å². The molecule has 1 N–H and O–H groups in total. The Morgan fingerprint density at radius 1 is 0.906 bits per heavy atom. The van der Waals surface area contributed by atoms with Crippen molar-refractivity contribution in [1.82, 2.24) is 4.98 Å². The summed E-state index contributed by atoms with van der Waals surface area (Å²) in [5.74, 6) is -0.738. The van der Waals surface area contributed by atoms with Crippen molar-refractivity contribution in [3.05, 3.63) is 95.1 Å². The van der Waals surface area contributed by atoms with Gasteiger partial charge in [0.05, 0.1) is 10.6 Å². The third-order valence-corrected chi connectivity index (χ3v) is 10.1. The fourth-order valence-corrected chi connectivity index (χ4v) is 8.36. The summed E-state index contributed by atoms with van der Waals surface area (Å²) in [4.78, 5) is 3.04. The van der Waals surface area contributed by atoms with E-state index >= 15 is 0 Å². The molecule has 0 fully saturated rings. The second kappa shape index (κ2) is 7.21. The molecule has 1 aliphatic rings. The summed E-state index contributed by atoms with van der Waals surface area (Å²) >= 11 is 0. The topological polar surface area (TPSA) is 87.3 Å². The second-order valence-corrected chi connectivity index (χ2v) is 12.1. The maximum atomic E-state index is 13.6. The molecule has 0 spiro atoms. The lowest BCUT2D eigenvalue weighted by atomic mass is 9.91. The Morgan fingerprint density at radius 2 is 1.56 bits per heavy atom. The molecule has 4 aromatic rings. The third kappa shape index (κ3) is 3.22. The molecular formula is C24H22N2O4S2. The largest absolute Gasteiger partial charge is 0.339 e. The molecule has 1 aromatic heterocycles. The van der Waals surface area contributed by atoms with E-state index in [2.05, 4.69) is 4.98 Å². The van der Waals surface area contributed by atoms with Crippen LogP contribution in [0.3, 0.4) is 0 Å². The maximum Gasteiger partial charge on any atom is 0.278 e. The average Bonchev–Trinajstić information content (AvgIpc) is 3.10.